The standard InChI is InChI=1S/C22H23NO3/c1-15(2)19-11-7-8-16(3)20(19)23-22(24)21-17(12-13-25-21)14-26-18-9-5-4-6-10-18/h4-13,15H,14H2,1-3H3,(H,23,24). The molecule has 0 radical (unpaired) electrons. The van der Waals surface area contributed by atoms with E-state index in [9.17, 15) is 4.79 Å². The molecule has 1 aromatic heterocycles. The molecule has 1 heterocycles. The second-order valence-corrected chi connectivity index (χ2v) is 6.52. The van der Waals surface area contributed by atoms with Gasteiger partial charge < -0.3 is 14.5 Å². The molecular weight excluding hydrogens is 326 g/mol. The van der Waals surface area contributed by atoms with E-state index < -0.39 is 0 Å². The number of hydrogen-bond acceptors (Lipinski definition) is 3. The van der Waals surface area contributed by atoms with Crippen molar-refractivity contribution in [3.8, 4) is 5.75 Å². The summed E-state index contributed by atoms with van der Waals surface area (Å²) in [5.74, 6) is 1.07. The second kappa shape index (κ2) is 7.91. The summed E-state index contributed by atoms with van der Waals surface area (Å²) < 4.78 is 11.2. The van der Waals surface area contributed by atoms with Crippen molar-refractivity contribution in [2.75, 3.05) is 5.32 Å². The number of ether oxygens (including phenoxy) is 1. The molecular formula is C22H23NO3. The van der Waals surface area contributed by atoms with Crippen LogP contribution in [0.3, 0.4) is 0 Å². The van der Waals surface area contributed by atoms with E-state index in [1.807, 2.05) is 55.5 Å². The number of carbonyl (C=O) groups excluding carboxylic acids is 1. The van der Waals surface area contributed by atoms with Gasteiger partial charge in [-0.15, -0.1) is 0 Å². The van der Waals surface area contributed by atoms with Crippen LogP contribution >= 0.6 is 0 Å². The molecule has 1 amide bonds. The minimum atomic E-state index is -0.266. The monoisotopic (exact) mass is 349 g/mol. The van der Waals surface area contributed by atoms with E-state index in [1.165, 1.54) is 6.26 Å². The molecule has 0 fully saturated rings. The van der Waals surface area contributed by atoms with E-state index in [0.29, 0.717) is 11.5 Å². The van der Waals surface area contributed by atoms with Crippen LogP contribution in [0.15, 0.2) is 65.3 Å². The average molecular weight is 349 g/mol. The highest BCUT2D eigenvalue weighted by atomic mass is 16.5. The van der Waals surface area contributed by atoms with Crippen molar-refractivity contribution >= 4 is 11.6 Å². The molecule has 1 N–H and O–H groups in total. The highest BCUT2D eigenvalue weighted by Crippen LogP contribution is 2.28. The van der Waals surface area contributed by atoms with Crippen molar-refractivity contribution in [2.24, 2.45) is 0 Å². The number of benzene rings is 2. The Labute approximate surface area is 153 Å². The molecule has 4 nitrogen and oxygen atoms in total. The maximum absolute atomic E-state index is 12.8. The zero-order valence-corrected chi connectivity index (χ0v) is 15.3. The molecule has 0 saturated heterocycles. The Hall–Kier alpha value is -3.01. The normalized spacial score (nSPS) is 10.8. The summed E-state index contributed by atoms with van der Waals surface area (Å²) in [6.45, 7) is 6.48. The Morgan fingerprint density at radius 3 is 2.58 bits per heavy atom. The molecule has 0 aliphatic rings. The maximum Gasteiger partial charge on any atom is 0.291 e. The fourth-order valence-corrected chi connectivity index (χ4v) is 2.84. The summed E-state index contributed by atoms with van der Waals surface area (Å²) in [4.78, 5) is 12.8. The van der Waals surface area contributed by atoms with Gasteiger partial charge in [-0.05, 0) is 42.2 Å². The average Bonchev–Trinajstić information content (AvgIpc) is 3.11. The number of amides is 1. The van der Waals surface area contributed by atoms with Gasteiger partial charge in [-0.1, -0.05) is 50.2 Å². The zero-order chi connectivity index (χ0) is 18.5. The first-order chi connectivity index (χ1) is 12.6. The van der Waals surface area contributed by atoms with Crippen LogP contribution in [0.5, 0.6) is 5.75 Å². The van der Waals surface area contributed by atoms with E-state index in [-0.39, 0.29) is 18.3 Å². The van der Waals surface area contributed by atoms with Crippen LogP contribution in [-0.4, -0.2) is 5.91 Å². The van der Waals surface area contributed by atoms with E-state index in [2.05, 4.69) is 19.2 Å². The van der Waals surface area contributed by atoms with Crippen LogP contribution in [0.2, 0.25) is 0 Å². The van der Waals surface area contributed by atoms with Gasteiger partial charge in [0.25, 0.3) is 5.91 Å². The third kappa shape index (κ3) is 3.97. The summed E-state index contributed by atoms with van der Waals surface area (Å²) in [5.41, 5.74) is 3.69. The van der Waals surface area contributed by atoms with Gasteiger partial charge in [0.2, 0.25) is 0 Å². The van der Waals surface area contributed by atoms with Crippen molar-refractivity contribution in [3.63, 3.8) is 0 Å². The SMILES string of the molecule is Cc1cccc(C(C)C)c1NC(=O)c1occc1COc1ccccc1. The molecule has 0 spiro atoms. The quantitative estimate of drug-likeness (QED) is 0.635. The number of nitrogens with one attached hydrogen (secondary N) is 1. The van der Waals surface area contributed by atoms with Crippen molar-refractivity contribution < 1.29 is 13.9 Å². The Morgan fingerprint density at radius 2 is 1.85 bits per heavy atom. The molecule has 3 aromatic rings. The molecule has 0 saturated carbocycles. The van der Waals surface area contributed by atoms with Crippen LogP contribution in [0.1, 0.15) is 47.0 Å². The van der Waals surface area contributed by atoms with Crippen LogP contribution in [0.25, 0.3) is 0 Å². The van der Waals surface area contributed by atoms with Gasteiger partial charge in [-0.2, -0.15) is 0 Å². The molecule has 3 rings (SSSR count). The molecule has 0 atom stereocenters. The number of furan rings is 1. The molecule has 0 bridgehead atoms. The number of para-hydroxylation sites is 2. The Balaban J connectivity index is 1.77. The molecule has 2 aromatic carbocycles. The first-order valence-electron chi connectivity index (χ1n) is 8.71. The molecule has 134 valence electrons. The number of rotatable bonds is 6. The lowest BCUT2D eigenvalue weighted by Gasteiger charge is -2.16. The van der Waals surface area contributed by atoms with Crippen molar-refractivity contribution in [2.45, 2.75) is 33.3 Å². The summed E-state index contributed by atoms with van der Waals surface area (Å²) in [6, 6.07) is 17.3. The fourth-order valence-electron chi connectivity index (χ4n) is 2.84. The van der Waals surface area contributed by atoms with Crippen LogP contribution in [0.4, 0.5) is 5.69 Å². The number of anilines is 1. The highest BCUT2D eigenvalue weighted by molar-refractivity contribution is 6.04. The van der Waals surface area contributed by atoms with E-state index in [0.717, 1.165) is 22.6 Å². The maximum atomic E-state index is 12.8. The Kier molecular flexibility index (Phi) is 5.42. The van der Waals surface area contributed by atoms with Gasteiger partial charge in [-0.3, -0.25) is 4.79 Å². The minimum Gasteiger partial charge on any atom is -0.489 e. The fraction of sp³-hybridized carbons (Fsp3) is 0.227. The molecule has 0 aliphatic heterocycles. The summed E-state index contributed by atoms with van der Waals surface area (Å²) in [7, 11) is 0. The number of carbonyl (C=O) groups is 1. The van der Waals surface area contributed by atoms with E-state index >= 15 is 0 Å². The summed E-state index contributed by atoms with van der Waals surface area (Å²) in [6.07, 6.45) is 1.51. The highest BCUT2D eigenvalue weighted by Gasteiger charge is 2.19. The van der Waals surface area contributed by atoms with Crippen molar-refractivity contribution in [1.82, 2.24) is 0 Å². The largest absolute Gasteiger partial charge is 0.489 e. The van der Waals surface area contributed by atoms with Crippen molar-refractivity contribution in [3.05, 3.63) is 83.3 Å². The van der Waals surface area contributed by atoms with Gasteiger partial charge in [0, 0.05) is 11.3 Å². The predicted octanol–water partition coefficient (Wildman–Crippen LogP) is 5.54. The first-order valence-corrected chi connectivity index (χ1v) is 8.71. The van der Waals surface area contributed by atoms with Crippen LogP contribution < -0.4 is 10.1 Å². The summed E-state index contributed by atoms with van der Waals surface area (Å²) >= 11 is 0. The lowest BCUT2D eigenvalue weighted by Crippen LogP contribution is -2.16. The lowest BCUT2D eigenvalue weighted by atomic mass is 9.98. The number of aryl methyl sites for hydroxylation is 1. The zero-order valence-electron chi connectivity index (χ0n) is 15.3. The first kappa shape index (κ1) is 17.8. The molecule has 0 unspecified atom stereocenters. The molecule has 26 heavy (non-hydrogen) atoms. The van der Waals surface area contributed by atoms with Gasteiger partial charge in [-0.25, -0.2) is 0 Å². The number of hydrogen-bond donors (Lipinski definition) is 1. The van der Waals surface area contributed by atoms with E-state index in [4.69, 9.17) is 9.15 Å². The third-order valence-electron chi connectivity index (χ3n) is 4.26. The third-order valence-corrected chi connectivity index (χ3v) is 4.26. The smallest absolute Gasteiger partial charge is 0.291 e. The summed E-state index contributed by atoms with van der Waals surface area (Å²) in [5, 5.41) is 3.01. The van der Waals surface area contributed by atoms with E-state index in [1.54, 1.807) is 6.07 Å². The van der Waals surface area contributed by atoms with Crippen LogP contribution in [0, 0.1) is 6.92 Å². The van der Waals surface area contributed by atoms with Gasteiger partial charge in [0.15, 0.2) is 5.76 Å². The van der Waals surface area contributed by atoms with Gasteiger partial charge in [0.05, 0.1) is 6.26 Å². The Morgan fingerprint density at radius 1 is 1.08 bits per heavy atom. The Bertz CT molecular complexity index is 881. The lowest BCUT2D eigenvalue weighted by molar-refractivity contribution is 0.0993. The topological polar surface area (TPSA) is 51.5 Å². The van der Waals surface area contributed by atoms with Gasteiger partial charge in [0.1, 0.15) is 12.4 Å². The van der Waals surface area contributed by atoms with Crippen molar-refractivity contribution in [1.29, 1.82) is 0 Å². The van der Waals surface area contributed by atoms with Gasteiger partial charge >= 0.3 is 0 Å². The van der Waals surface area contributed by atoms with Crippen LogP contribution in [-0.2, 0) is 6.61 Å². The second-order valence-electron chi connectivity index (χ2n) is 6.52. The molecule has 0 aliphatic carbocycles. The molecule has 4 heteroatoms. The predicted molar refractivity (Wildman–Crippen MR) is 103 cm³/mol. The minimum absolute atomic E-state index is 0.266.